The third-order valence-electron chi connectivity index (χ3n) is 5.07. The smallest absolute Gasteiger partial charge is 0.254 e. The maximum Gasteiger partial charge on any atom is 0.254 e. The largest absolute Gasteiger partial charge is 0.336 e. The van der Waals surface area contributed by atoms with Gasteiger partial charge in [-0.25, -0.2) is 0 Å². The molecule has 23 heavy (non-hydrogen) atoms. The summed E-state index contributed by atoms with van der Waals surface area (Å²) in [6, 6.07) is 12.9. The lowest BCUT2D eigenvalue weighted by Crippen LogP contribution is -2.49. The molecule has 1 unspecified atom stereocenters. The quantitative estimate of drug-likeness (QED) is 0.855. The number of rotatable bonds is 2. The highest BCUT2D eigenvalue weighted by molar-refractivity contribution is 5.94. The Morgan fingerprint density at radius 2 is 1.74 bits per heavy atom. The number of hydrogen-bond acceptors (Lipinski definition) is 3. The summed E-state index contributed by atoms with van der Waals surface area (Å²) < 4.78 is 0. The molecular weight excluding hydrogens is 286 g/mol. The van der Waals surface area contributed by atoms with Crippen molar-refractivity contribution in [1.29, 1.82) is 0 Å². The number of carbonyl (C=O) groups is 1. The van der Waals surface area contributed by atoms with Crippen LogP contribution in [-0.4, -0.2) is 46.9 Å². The Hall–Kier alpha value is -2.20. The first-order valence-electron chi connectivity index (χ1n) is 8.34. The minimum absolute atomic E-state index is 0.124. The minimum atomic E-state index is 0.124. The van der Waals surface area contributed by atoms with E-state index in [0.717, 1.165) is 31.7 Å². The SMILES string of the molecule is O=C(c1ccncc1)N1CCN(C2CCc3ccccc32)CC1. The van der Waals surface area contributed by atoms with E-state index < -0.39 is 0 Å². The number of carbonyl (C=O) groups excluding carboxylic acids is 1. The molecule has 0 spiro atoms. The van der Waals surface area contributed by atoms with E-state index in [2.05, 4.69) is 34.1 Å². The fourth-order valence-corrected chi connectivity index (χ4v) is 3.83. The fraction of sp³-hybridized carbons (Fsp3) is 0.368. The number of fused-ring (bicyclic) bond motifs is 1. The van der Waals surface area contributed by atoms with Crippen LogP contribution in [0.5, 0.6) is 0 Å². The number of nitrogens with zero attached hydrogens (tertiary/aromatic N) is 3. The molecule has 0 bridgehead atoms. The number of pyridine rings is 1. The van der Waals surface area contributed by atoms with E-state index in [9.17, 15) is 4.79 Å². The fourth-order valence-electron chi connectivity index (χ4n) is 3.83. The predicted molar refractivity (Wildman–Crippen MR) is 89.2 cm³/mol. The van der Waals surface area contributed by atoms with Gasteiger partial charge in [-0.2, -0.15) is 0 Å². The summed E-state index contributed by atoms with van der Waals surface area (Å²) in [5, 5.41) is 0. The molecule has 1 amide bonds. The number of piperazine rings is 1. The van der Waals surface area contributed by atoms with Crippen molar-refractivity contribution in [3.63, 3.8) is 0 Å². The lowest BCUT2D eigenvalue weighted by molar-refractivity contribution is 0.0568. The normalized spacial score (nSPS) is 21.2. The Morgan fingerprint density at radius 3 is 2.52 bits per heavy atom. The van der Waals surface area contributed by atoms with Crippen LogP contribution >= 0.6 is 0 Å². The van der Waals surface area contributed by atoms with Crippen LogP contribution < -0.4 is 0 Å². The summed E-state index contributed by atoms with van der Waals surface area (Å²) in [4.78, 5) is 21.0. The molecule has 1 aliphatic heterocycles. The van der Waals surface area contributed by atoms with Crippen molar-refractivity contribution >= 4 is 5.91 Å². The van der Waals surface area contributed by atoms with Crippen molar-refractivity contribution in [3.8, 4) is 0 Å². The summed E-state index contributed by atoms with van der Waals surface area (Å²) in [7, 11) is 0. The van der Waals surface area contributed by atoms with Crippen LogP contribution in [0.15, 0.2) is 48.8 Å². The molecule has 0 saturated carbocycles. The highest BCUT2D eigenvalue weighted by Crippen LogP contribution is 2.35. The van der Waals surface area contributed by atoms with E-state index >= 15 is 0 Å². The van der Waals surface area contributed by atoms with E-state index in [4.69, 9.17) is 0 Å². The van der Waals surface area contributed by atoms with Crippen LogP contribution in [0.25, 0.3) is 0 Å². The second kappa shape index (κ2) is 6.13. The second-order valence-corrected chi connectivity index (χ2v) is 6.32. The molecule has 2 aromatic rings. The number of amides is 1. The van der Waals surface area contributed by atoms with Crippen LogP contribution in [-0.2, 0) is 6.42 Å². The van der Waals surface area contributed by atoms with Crippen LogP contribution in [0.4, 0.5) is 0 Å². The van der Waals surface area contributed by atoms with Crippen LogP contribution in [0.3, 0.4) is 0 Å². The zero-order valence-corrected chi connectivity index (χ0v) is 13.2. The molecule has 1 aliphatic carbocycles. The van der Waals surface area contributed by atoms with Gasteiger partial charge in [0.25, 0.3) is 5.91 Å². The maximum absolute atomic E-state index is 12.5. The van der Waals surface area contributed by atoms with E-state index in [-0.39, 0.29) is 5.91 Å². The molecule has 1 aromatic heterocycles. The summed E-state index contributed by atoms with van der Waals surface area (Å²) in [5.74, 6) is 0.124. The van der Waals surface area contributed by atoms with Crippen LogP contribution in [0.2, 0.25) is 0 Å². The average molecular weight is 307 g/mol. The molecular formula is C19H21N3O. The van der Waals surface area contributed by atoms with Crippen molar-refractivity contribution in [1.82, 2.24) is 14.8 Å². The summed E-state index contributed by atoms with van der Waals surface area (Å²) in [6.45, 7) is 3.52. The van der Waals surface area contributed by atoms with Gasteiger partial charge in [-0.05, 0) is 36.1 Å². The number of benzene rings is 1. The first kappa shape index (κ1) is 14.4. The molecule has 2 aliphatic rings. The van der Waals surface area contributed by atoms with Crippen molar-refractivity contribution in [3.05, 3.63) is 65.5 Å². The molecule has 0 radical (unpaired) electrons. The lowest BCUT2D eigenvalue weighted by atomic mass is 10.1. The van der Waals surface area contributed by atoms with Crippen molar-refractivity contribution in [2.45, 2.75) is 18.9 Å². The molecule has 1 fully saturated rings. The van der Waals surface area contributed by atoms with Gasteiger partial charge in [0.1, 0.15) is 0 Å². The topological polar surface area (TPSA) is 36.4 Å². The second-order valence-electron chi connectivity index (χ2n) is 6.32. The predicted octanol–water partition coefficient (Wildman–Crippen LogP) is 2.53. The molecule has 4 rings (SSSR count). The van der Waals surface area contributed by atoms with Crippen molar-refractivity contribution < 1.29 is 4.79 Å². The van der Waals surface area contributed by atoms with Crippen molar-refractivity contribution in [2.24, 2.45) is 0 Å². The lowest BCUT2D eigenvalue weighted by Gasteiger charge is -2.38. The third-order valence-corrected chi connectivity index (χ3v) is 5.07. The minimum Gasteiger partial charge on any atom is -0.336 e. The Labute approximate surface area is 136 Å². The maximum atomic E-state index is 12.5. The molecule has 1 saturated heterocycles. The standard InChI is InChI=1S/C19H21N3O/c23-19(16-7-9-20-10-8-16)22-13-11-21(12-14-22)18-6-5-15-3-1-2-4-17(15)18/h1-4,7-10,18H,5-6,11-14H2. The molecule has 4 heteroatoms. The molecule has 1 atom stereocenters. The monoisotopic (exact) mass is 307 g/mol. The summed E-state index contributed by atoms with van der Waals surface area (Å²) in [6.07, 6.45) is 5.74. The summed E-state index contributed by atoms with van der Waals surface area (Å²) >= 11 is 0. The van der Waals surface area contributed by atoms with Gasteiger partial charge in [0.15, 0.2) is 0 Å². The van der Waals surface area contributed by atoms with Crippen LogP contribution in [0.1, 0.15) is 33.9 Å². The number of aromatic nitrogens is 1. The van der Waals surface area contributed by atoms with Gasteiger partial charge in [-0.1, -0.05) is 24.3 Å². The van der Waals surface area contributed by atoms with Gasteiger partial charge in [0.05, 0.1) is 0 Å². The van der Waals surface area contributed by atoms with Gasteiger partial charge >= 0.3 is 0 Å². The van der Waals surface area contributed by atoms with Gasteiger partial charge in [-0.3, -0.25) is 14.7 Å². The Morgan fingerprint density at radius 1 is 1.00 bits per heavy atom. The van der Waals surface area contributed by atoms with Crippen molar-refractivity contribution in [2.75, 3.05) is 26.2 Å². The number of hydrogen-bond donors (Lipinski definition) is 0. The Kier molecular flexibility index (Phi) is 3.83. The first-order chi connectivity index (χ1) is 11.3. The Bertz CT molecular complexity index is 693. The molecule has 4 nitrogen and oxygen atoms in total. The van der Waals surface area contributed by atoms with E-state index in [0.29, 0.717) is 6.04 Å². The zero-order valence-electron chi connectivity index (χ0n) is 13.2. The Balaban J connectivity index is 1.41. The van der Waals surface area contributed by atoms with E-state index in [1.807, 2.05) is 4.90 Å². The summed E-state index contributed by atoms with van der Waals surface area (Å²) in [5.41, 5.74) is 3.72. The zero-order chi connectivity index (χ0) is 15.6. The third kappa shape index (κ3) is 2.75. The van der Waals surface area contributed by atoms with Crippen LogP contribution in [0, 0.1) is 0 Å². The van der Waals surface area contributed by atoms with E-state index in [1.165, 1.54) is 24.0 Å². The molecule has 2 heterocycles. The highest BCUT2D eigenvalue weighted by atomic mass is 16.2. The number of aryl methyl sites for hydroxylation is 1. The first-order valence-corrected chi connectivity index (χ1v) is 8.34. The van der Waals surface area contributed by atoms with Gasteiger partial charge < -0.3 is 4.90 Å². The van der Waals surface area contributed by atoms with E-state index in [1.54, 1.807) is 24.5 Å². The van der Waals surface area contributed by atoms with Gasteiger partial charge in [0.2, 0.25) is 0 Å². The molecule has 0 N–H and O–H groups in total. The molecule has 1 aromatic carbocycles. The van der Waals surface area contributed by atoms with Gasteiger partial charge in [-0.15, -0.1) is 0 Å². The average Bonchev–Trinajstić information content (AvgIpc) is 3.06. The highest BCUT2D eigenvalue weighted by Gasteiger charge is 2.31. The molecule has 118 valence electrons. The van der Waals surface area contributed by atoms with Gasteiger partial charge in [0, 0.05) is 50.2 Å².